The van der Waals surface area contributed by atoms with Gasteiger partial charge in [-0.2, -0.15) is 0 Å². The Morgan fingerprint density at radius 2 is 2.00 bits per heavy atom. The van der Waals surface area contributed by atoms with Crippen molar-refractivity contribution < 1.29 is 19.1 Å². The number of hydrogen-bond acceptors (Lipinski definition) is 5. The molecule has 2 aliphatic rings. The first-order valence-electron chi connectivity index (χ1n) is 9.39. The van der Waals surface area contributed by atoms with Crippen molar-refractivity contribution in [3.63, 3.8) is 0 Å². The lowest BCUT2D eigenvalue weighted by atomic mass is 10.0. The van der Waals surface area contributed by atoms with E-state index < -0.39 is 6.03 Å². The van der Waals surface area contributed by atoms with Crippen molar-refractivity contribution in [3.05, 3.63) is 53.6 Å². The maximum absolute atomic E-state index is 12.4. The van der Waals surface area contributed by atoms with Crippen LogP contribution in [0.2, 0.25) is 0 Å². The van der Waals surface area contributed by atoms with E-state index in [0.717, 1.165) is 19.4 Å². The number of carbonyl (C=O) groups is 2. The van der Waals surface area contributed by atoms with Crippen molar-refractivity contribution in [3.8, 4) is 11.5 Å². The van der Waals surface area contributed by atoms with E-state index in [1.54, 1.807) is 18.2 Å². The molecule has 7 nitrogen and oxygen atoms in total. The summed E-state index contributed by atoms with van der Waals surface area (Å²) in [6.45, 7) is 3.26. The van der Waals surface area contributed by atoms with E-state index in [0.29, 0.717) is 17.2 Å². The first-order valence-corrected chi connectivity index (χ1v) is 9.39. The van der Waals surface area contributed by atoms with Gasteiger partial charge in [0, 0.05) is 17.8 Å². The molecule has 2 N–H and O–H groups in total. The van der Waals surface area contributed by atoms with Crippen LogP contribution in [0.3, 0.4) is 0 Å². The predicted octanol–water partition coefficient (Wildman–Crippen LogP) is 3.21. The quantitative estimate of drug-likeness (QED) is 0.850. The number of anilines is 1. The summed E-state index contributed by atoms with van der Waals surface area (Å²) < 4.78 is 10.5. The molecule has 0 bridgehead atoms. The van der Waals surface area contributed by atoms with Crippen LogP contribution in [0.5, 0.6) is 11.5 Å². The summed E-state index contributed by atoms with van der Waals surface area (Å²) in [6, 6.07) is 13.1. The molecule has 1 unspecified atom stereocenters. The molecule has 0 spiro atoms. The molecule has 0 saturated carbocycles. The second-order valence-electron chi connectivity index (χ2n) is 7.11. The van der Waals surface area contributed by atoms with Crippen LogP contribution in [-0.4, -0.2) is 36.7 Å². The number of amides is 3. The molecule has 2 aromatic rings. The number of fused-ring (bicyclic) bond motifs is 1. The van der Waals surface area contributed by atoms with Crippen molar-refractivity contribution in [2.75, 3.05) is 25.2 Å². The Kier molecular flexibility index (Phi) is 5.16. The number of imide groups is 1. The fourth-order valence-corrected chi connectivity index (χ4v) is 3.76. The monoisotopic (exact) mass is 381 g/mol. The van der Waals surface area contributed by atoms with Gasteiger partial charge in [-0.05, 0) is 44.0 Å². The molecule has 0 radical (unpaired) electrons. The number of rotatable bonds is 4. The van der Waals surface area contributed by atoms with E-state index >= 15 is 0 Å². The van der Waals surface area contributed by atoms with E-state index in [-0.39, 0.29) is 25.3 Å². The highest BCUT2D eigenvalue weighted by molar-refractivity contribution is 6.01. The highest BCUT2D eigenvalue weighted by atomic mass is 16.7. The average molecular weight is 381 g/mol. The molecule has 2 aromatic carbocycles. The number of likely N-dealkylation sites (tertiary alicyclic amines) is 1. The molecule has 28 heavy (non-hydrogen) atoms. The Morgan fingerprint density at radius 1 is 1.14 bits per heavy atom. The maximum atomic E-state index is 12.4. The minimum atomic E-state index is -0.560. The molecular formula is C21H23N3O4. The van der Waals surface area contributed by atoms with Crippen molar-refractivity contribution in [1.82, 2.24) is 10.2 Å². The minimum Gasteiger partial charge on any atom is -0.454 e. The van der Waals surface area contributed by atoms with Crippen LogP contribution in [0.15, 0.2) is 42.5 Å². The number of carbonyl (C=O) groups excluding carboxylic acids is 2. The van der Waals surface area contributed by atoms with E-state index in [2.05, 4.69) is 40.7 Å². The fraction of sp³-hybridized carbons (Fsp3) is 0.333. The lowest BCUT2D eigenvalue weighted by Crippen LogP contribution is -2.41. The molecule has 4 rings (SSSR count). The Morgan fingerprint density at radius 3 is 2.86 bits per heavy atom. The van der Waals surface area contributed by atoms with Gasteiger partial charge < -0.3 is 14.8 Å². The van der Waals surface area contributed by atoms with Gasteiger partial charge in [0.15, 0.2) is 11.5 Å². The zero-order valence-corrected chi connectivity index (χ0v) is 15.7. The Labute approximate surface area is 163 Å². The molecule has 0 aromatic heterocycles. The number of aryl methyl sites for hydroxylation is 1. The van der Waals surface area contributed by atoms with Crippen LogP contribution < -0.4 is 20.1 Å². The number of urea groups is 1. The summed E-state index contributed by atoms with van der Waals surface area (Å²) in [5, 5.41) is 5.06. The molecule has 146 valence electrons. The third-order valence-electron chi connectivity index (χ3n) is 5.02. The number of nitrogens with zero attached hydrogens (tertiary/aromatic N) is 1. The number of ether oxygens (including phenoxy) is 2. The fourth-order valence-electron chi connectivity index (χ4n) is 3.76. The van der Waals surface area contributed by atoms with Crippen molar-refractivity contribution in [1.29, 1.82) is 0 Å². The summed E-state index contributed by atoms with van der Waals surface area (Å²) >= 11 is 0. The molecule has 3 amide bonds. The topological polar surface area (TPSA) is 79.9 Å². The van der Waals surface area contributed by atoms with Gasteiger partial charge in [0.25, 0.3) is 0 Å². The summed E-state index contributed by atoms with van der Waals surface area (Å²) in [5.41, 5.74) is 2.96. The molecule has 1 fully saturated rings. The van der Waals surface area contributed by atoms with Gasteiger partial charge in [-0.3, -0.25) is 15.0 Å². The summed E-state index contributed by atoms with van der Waals surface area (Å²) in [6.07, 6.45) is 2.05. The van der Waals surface area contributed by atoms with E-state index in [1.165, 1.54) is 11.1 Å². The van der Waals surface area contributed by atoms with E-state index in [4.69, 9.17) is 9.47 Å². The zero-order valence-electron chi connectivity index (χ0n) is 15.7. The number of benzene rings is 2. The smallest absolute Gasteiger partial charge is 0.325 e. The lowest BCUT2D eigenvalue weighted by molar-refractivity contribution is -0.121. The van der Waals surface area contributed by atoms with E-state index in [9.17, 15) is 9.59 Å². The summed E-state index contributed by atoms with van der Waals surface area (Å²) in [7, 11) is 0. The first-order chi connectivity index (χ1) is 13.6. The normalized spacial score (nSPS) is 18.1. The molecule has 7 heteroatoms. The van der Waals surface area contributed by atoms with Crippen molar-refractivity contribution >= 4 is 17.6 Å². The van der Waals surface area contributed by atoms with Gasteiger partial charge in [-0.15, -0.1) is 0 Å². The van der Waals surface area contributed by atoms with Gasteiger partial charge in [0.1, 0.15) is 0 Å². The Balaban J connectivity index is 1.32. The summed E-state index contributed by atoms with van der Waals surface area (Å²) in [5.74, 6) is 0.887. The lowest BCUT2D eigenvalue weighted by Gasteiger charge is -2.24. The average Bonchev–Trinajstić information content (AvgIpc) is 3.30. The minimum absolute atomic E-state index is 0.168. The van der Waals surface area contributed by atoms with Crippen LogP contribution in [-0.2, 0) is 4.79 Å². The largest absolute Gasteiger partial charge is 0.454 e. The second kappa shape index (κ2) is 7.90. The second-order valence-corrected chi connectivity index (χ2v) is 7.11. The molecule has 2 aliphatic heterocycles. The maximum Gasteiger partial charge on any atom is 0.325 e. The first kappa shape index (κ1) is 18.3. The highest BCUT2D eigenvalue weighted by Gasteiger charge is 2.28. The predicted molar refractivity (Wildman–Crippen MR) is 104 cm³/mol. The van der Waals surface area contributed by atoms with Gasteiger partial charge >= 0.3 is 6.03 Å². The third kappa shape index (κ3) is 4.09. The standard InChI is InChI=1S/C21H23N3O4/c1-14-4-2-5-15(10-14)17-6-3-9-24(17)12-20(25)23-21(26)22-16-7-8-18-19(11-16)28-13-27-18/h2,4-5,7-8,10-11,17H,3,6,9,12-13H2,1H3,(H2,22,23,25,26). The van der Waals surface area contributed by atoms with E-state index in [1.807, 2.05) is 6.07 Å². The number of hydrogen-bond donors (Lipinski definition) is 2. The zero-order chi connectivity index (χ0) is 19.5. The molecular weight excluding hydrogens is 358 g/mol. The van der Waals surface area contributed by atoms with Gasteiger partial charge in [-0.25, -0.2) is 4.79 Å². The number of nitrogens with one attached hydrogen (secondary N) is 2. The highest BCUT2D eigenvalue weighted by Crippen LogP contribution is 2.34. The van der Waals surface area contributed by atoms with Crippen molar-refractivity contribution in [2.45, 2.75) is 25.8 Å². The summed E-state index contributed by atoms with van der Waals surface area (Å²) in [4.78, 5) is 26.7. The molecule has 1 atom stereocenters. The molecule has 1 saturated heterocycles. The van der Waals surface area contributed by atoms with Crippen molar-refractivity contribution in [2.24, 2.45) is 0 Å². The van der Waals surface area contributed by atoms with Crippen LogP contribution in [0.4, 0.5) is 10.5 Å². The van der Waals surface area contributed by atoms with Gasteiger partial charge in [0.05, 0.1) is 6.54 Å². The molecule has 2 heterocycles. The Bertz CT molecular complexity index is 899. The van der Waals surface area contributed by atoms with Crippen LogP contribution in [0, 0.1) is 6.92 Å². The third-order valence-corrected chi connectivity index (χ3v) is 5.02. The van der Waals surface area contributed by atoms with Gasteiger partial charge in [0.2, 0.25) is 12.7 Å². The Hall–Kier alpha value is -3.06. The SMILES string of the molecule is Cc1cccc(C2CCCN2CC(=O)NC(=O)Nc2ccc3c(c2)OCO3)c1. The van der Waals surface area contributed by atoms with Crippen LogP contribution in [0.1, 0.15) is 30.0 Å². The van der Waals surface area contributed by atoms with Gasteiger partial charge in [-0.1, -0.05) is 29.8 Å². The van der Waals surface area contributed by atoms with Crippen LogP contribution in [0.25, 0.3) is 0 Å². The molecule has 0 aliphatic carbocycles. The van der Waals surface area contributed by atoms with Crippen LogP contribution >= 0.6 is 0 Å².